The number of nitrogens with zero attached hydrogens (tertiary/aromatic N) is 1. The van der Waals surface area contributed by atoms with E-state index in [0.717, 1.165) is 0 Å². The summed E-state index contributed by atoms with van der Waals surface area (Å²) in [5.41, 5.74) is 3.61. The fourth-order valence-electron chi connectivity index (χ4n) is 2.09. The van der Waals surface area contributed by atoms with Crippen molar-refractivity contribution in [2.75, 3.05) is 21.3 Å². The zero-order valence-corrected chi connectivity index (χ0v) is 15.1. The average molecular weight is 393 g/mol. The number of ether oxygens (including phenoxy) is 3. The van der Waals surface area contributed by atoms with Crippen LogP contribution in [0.5, 0.6) is 17.2 Å². The molecule has 0 aliphatic heterocycles. The molecule has 0 saturated heterocycles. The second-order valence-electron chi connectivity index (χ2n) is 4.60. The van der Waals surface area contributed by atoms with Crippen LogP contribution in [-0.4, -0.2) is 33.5 Å². The van der Waals surface area contributed by atoms with E-state index in [1.165, 1.54) is 20.4 Å². The molecule has 0 fully saturated rings. The standard InChI is InChI=1S/C17H17BrN2O4/c1-22-14-9-8-11(15(23-2)16(14)24-3)10-19-20-17(21)12-6-4-5-7-13(12)18/h4-10H,1-3H3,(H,20,21)/b19-10+. The quantitative estimate of drug-likeness (QED) is 0.605. The lowest BCUT2D eigenvalue weighted by atomic mass is 10.2. The van der Waals surface area contributed by atoms with E-state index in [-0.39, 0.29) is 5.91 Å². The first-order valence-corrected chi connectivity index (χ1v) is 7.78. The smallest absolute Gasteiger partial charge is 0.272 e. The summed E-state index contributed by atoms with van der Waals surface area (Å²) < 4.78 is 16.6. The van der Waals surface area contributed by atoms with Crippen LogP contribution in [0.3, 0.4) is 0 Å². The van der Waals surface area contributed by atoms with E-state index in [1.54, 1.807) is 37.4 Å². The van der Waals surface area contributed by atoms with Gasteiger partial charge in [-0.3, -0.25) is 4.79 Å². The van der Waals surface area contributed by atoms with Crippen molar-refractivity contribution in [3.05, 3.63) is 52.0 Å². The zero-order chi connectivity index (χ0) is 17.5. The number of amides is 1. The van der Waals surface area contributed by atoms with E-state index in [0.29, 0.717) is 32.8 Å². The van der Waals surface area contributed by atoms with Crippen molar-refractivity contribution in [3.8, 4) is 17.2 Å². The molecule has 0 aliphatic carbocycles. The third kappa shape index (κ3) is 3.86. The lowest BCUT2D eigenvalue weighted by molar-refractivity contribution is 0.0954. The van der Waals surface area contributed by atoms with Crippen LogP contribution < -0.4 is 19.6 Å². The largest absolute Gasteiger partial charge is 0.493 e. The number of methoxy groups -OCH3 is 3. The predicted molar refractivity (Wildman–Crippen MR) is 95.3 cm³/mol. The zero-order valence-electron chi connectivity index (χ0n) is 13.5. The van der Waals surface area contributed by atoms with Gasteiger partial charge < -0.3 is 14.2 Å². The Morgan fingerprint density at radius 2 is 1.75 bits per heavy atom. The van der Waals surface area contributed by atoms with E-state index in [4.69, 9.17) is 14.2 Å². The minimum atomic E-state index is -0.321. The Morgan fingerprint density at radius 1 is 1.04 bits per heavy atom. The highest BCUT2D eigenvalue weighted by Crippen LogP contribution is 2.38. The molecule has 2 aromatic carbocycles. The lowest BCUT2D eigenvalue weighted by Crippen LogP contribution is -2.18. The van der Waals surface area contributed by atoms with Crippen LogP contribution in [0.15, 0.2) is 46.0 Å². The molecule has 126 valence electrons. The highest BCUT2D eigenvalue weighted by atomic mass is 79.9. The van der Waals surface area contributed by atoms with Gasteiger partial charge in [-0.05, 0) is 40.2 Å². The van der Waals surface area contributed by atoms with Gasteiger partial charge >= 0.3 is 0 Å². The third-order valence-electron chi connectivity index (χ3n) is 3.22. The molecule has 0 saturated carbocycles. The molecular formula is C17H17BrN2O4. The summed E-state index contributed by atoms with van der Waals surface area (Å²) in [6.07, 6.45) is 1.48. The van der Waals surface area contributed by atoms with Crippen molar-refractivity contribution >= 4 is 28.1 Å². The Hall–Kier alpha value is -2.54. The van der Waals surface area contributed by atoms with E-state index in [9.17, 15) is 4.79 Å². The molecule has 0 unspecified atom stereocenters. The summed E-state index contributed by atoms with van der Waals surface area (Å²) in [5, 5.41) is 3.98. The number of carbonyl (C=O) groups excluding carboxylic acids is 1. The Balaban J connectivity index is 2.20. The second kappa shape index (κ2) is 8.35. The Bertz CT molecular complexity index is 762. The van der Waals surface area contributed by atoms with Gasteiger partial charge in [0.05, 0.1) is 33.1 Å². The fourth-order valence-corrected chi connectivity index (χ4v) is 2.56. The Labute approximate surface area is 148 Å². The first kappa shape index (κ1) is 17.8. The molecule has 2 aromatic rings. The molecule has 7 heteroatoms. The topological polar surface area (TPSA) is 69.2 Å². The SMILES string of the molecule is COc1ccc(/C=N/NC(=O)c2ccccc2Br)c(OC)c1OC. The van der Waals surface area contributed by atoms with Crippen molar-refractivity contribution < 1.29 is 19.0 Å². The summed E-state index contributed by atoms with van der Waals surface area (Å²) in [6.45, 7) is 0. The summed E-state index contributed by atoms with van der Waals surface area (Å²) in [6, 6.07) is 10.6. The van der Waals surface area contributed by atoms with Crippen LogP contribution in [0, 0.1) is 0 Å². The highest BCUT2D eigenvalue weighted by molar-refractivity contribution is 9.10. The van der Waals surface area contributed by atoms with Gasteiger partial charge in [0.15, 0.2) is 11.5 Å². The van der Waals surface area contributed by atoms with Crippen molar-refractivity contribution in [1.82, 2.24) is 5.43 Å². The van der Waals surface area contributed by atoms with Crippen LogP contribution in [0.4, 0.5) is 0 Å². The maximum Gasteiger partial charge on any atom is 0.272 e. The van der Waals surface area contributed by atoms with Crippen LogP contribution >= 0.6 is 15.9 Å². The number of benzene rings is 2. The number of halogens is 1. The van der Waals surface area contributed by atoms with E-state index in [1.807, 2.05) is 6.07 Å². The van der Waals surface area contributed by atoms with Crippen molar-refractivity contribution in [2.45, 2.75) is 0 Å². The summed E-state index contributed by atoms with van der Waals surface area (Å²) in [5.74, 6) is 1.15. The van der Waals surface area contributed by atoms with E-state index >= 15 is 0 Å². The van der Waals surface area contributed by atoms with Crippen LogP contribution in [0.25, 0.3) is 0 Å². The molecule has 0 aliphatic rings. The molecule has 0 spiro atoms. The van der Waals surface area contributed by atoms with Gasteiger partial charge in [0, 0.05) is 10.0 Å². The minimum Gasteiger partial charge on any atom is -0.493 e. The van der Waals surface area contributed by atoms with Crippen molar-refractivity contribution in [2.24, 2.45) is 5.10 Å². The van der Waals surface area contributed by atoms with Crippen molar-refractivity contribution in [1.29, 1.82) is 0 Å². The van der Waals surface area contributed by atoms with Crippen LogP contribution in [0.2, 0.25) is 0 Å². The molecule has 0 atom stereocenters. The number of hydrazone groups is 1. The molecule has 0 bridgehead atoms. The first-order chi connectivity index (χ1) is 11.6. The summed E-state index contributed by atoms with van der Waals surface area (Å²) >= 11 is 3.33. The molecule has 1 N–H and O–H groups in total. The number of hydrogen-bond donors (Lipinski definition) is 1. The van der Waals surface area contributed by atoms with Gasteiger partial charge in [0.1, 0.15) is 0 Å². The first-order valence-electron chi connectivity index (χ1n) is 6.99. The summed E-state index contributed by atoms with van der Waals surface area (Å²) in [4.78, 5) is 12.1. The molecule has 0 radical (unpaired) electrons. The van der Waals surface area contributed by atoms with E-state index in [2.05, 4.69) is 26.5 Å². The molecular weight excluding hydrogens is 376 g/mol. The van der Waals surface area contributed by atoms with E-state index < -0.39 is 0 Å². The predicted octanol–water partition coefficient (Wildman–Crippen LogP) is 3.24. The Morgan fingerprint density at radius 3 is 2.38 bits per heavy atom. The minimum absolute atomic E-state index is 0.321. The van der Waals surface area contributed by atoms with Crippen molar-refractivity contribution in [3.63, 3.8) is 0 Å². The van der Waals surface area contributed by atoms with Gasteiger partial charge in [0.2, 0.25) is 5.75 Å². The number of hydrogen-bond acceptors (Lipinski definition) is 5. The van der Waals surface area contributed by atoms with Gasteiger partial charge in [-0.25, -0.2) is 5.43 Å². The normalized spacial score (nSPS) is 10.5. The molecule has 6 nitrogen and oxygen atoms in total. The maximum atomic E-state index is 12.1. The molecule has 0 heterocycles. The van der Waals surface area contributed by atoms with Gasteiger partial charge in [-0.2, -0.15) is 5.10 Å². The van der Waals surface area contributed by atoms with Gasteiger partial charge in [-0.15, -0.1) is 0 Å². The fraction of sp³-hybridized carbons (Fsp3) is 0.176. The lowest BCUT2D eigenvalue weighted by Gasteiger charge is -2.13. The van der Waals surface area contributed by atoms with Gasteiger partial charge in [-0.1, -0.05) is 12.1 Å². The third-order valence-corrected chi connectivity index (χ3v) is 3.91. The maximum absolute atomic E-state index is 12.1. The second-order valence-corrected chi connectivity index (χ2v) is 5.46. The molecule has 0 aromatic heterocycles. The monoisotopic (exact) mass is 392 g/mol. The number of carbonyl (C=O) groups is 1. The van der Waals surface area contributed by atoms with Crippen LogP contribution in [0.1, 0.15) is 15.9 Å². The average Bonchev–Trinajstić information content (AvgIpc) is 2.61. The molecule has 2 rings (SSSR count). The highest BCUT2D eigenvalue weighted by Gasteiger charge is 2.14. The molecule has 24 heavy (non-hydrogen) atoms. The number of rotatable bonds is 6. The Kier molecular flexibility index (Phi) is 6.20. The van der Waals surface area contributed by atoms with Gasteiger partial charge in [0.25, 0.3) is 5.91 Å². The van der Waals surface area contributed by atoms with Crippen LogP contribution in [-0.2, 0) is 0 Å². The summed E-state index contributed by atoms with van der Waals surface area (Å²) in [7, 11) is 4.59. The molecule has 1 amide bonds. The number of nitrogens with one attached hydrogen (secondary N) is 1.